The van der Waals surface area contributed by atoms with E-state index in [-0.39, 0.29) is 11.8 Å². The molecule has 33 heavy (non-hydrogen) atoms. The highest BCUT2D eigenvalue weighted by Gasteiger charge is 2.35. The number of benzene rings is 2. The number of likely N-dealkylation sites (N-methyl/N-ethyl adjacent to an activating group) is 1. The van der Waals surface area contributed by atoms with Gasteiger partial charge in [-0.1, -0.05) is 49.6 Å². The zero-order valence-electron chi connectivity index (χ0n) is 19.9. The summed E-state index contributed by atoms with van der Waals surface area (Å²) in [5.74, 6) is 0.258. The highest BCUT2D eigenvalue weighted by molar-refractivity contribution is 5.97. The first-order valence-corrected chi connectivity index (χ1v) is 12.7. The van der Waals surface area contributed by atoms with Crippen LogP contribution in [0.15, 0.2) is 48.5 Å². The van der Waals surface area contributed by atoms with E-state index in [1.807, 2.05) is 29.2 Å². The predicted molar refractivity (Wildman–Crippen MR) is 134 cm³/mol. The van der Waals surface area contributed by atoms with Crippen molar-refractivity contribution in [2.24, 2.45) is 5.92 Å². The summed E-state index contributed by atoms with van der Waals surface area (Å²) >= 11 is 0. The summed E-state index contributed by atoms with van der Waals surface area (Å²) < 4.78 is 0. The van der Waals surface area contributed by atoms with E-state index < -0.39 is 5.60 Å². The summed E-state index contributed by atoms with van der Waals surface area (Å²) in [7, 11) is 2.18. The SMILES string of the molecule is CN1CCN(c2ccccc2CC2CCN(c3ccc(C4(O)CCCCC4)cc3)C2=O)CC1. The smallest absolute Gasteiger partial charge is 0.230 e. The number of carbonyl (C=O) groups is 1. The Hall–Kier alpha value is -2.37. The first kappa shape index (κ1) is 22.4. The van der Waals surface area contributed by atoms with Crippen LogP contribution in [-0.4, -0.2) is 55.7 Å². The summed E-state index contributed by atoms with van der Waals surface area (Å²) in [6, 6.07) is 16.7. The van der Waals surface area contributed by atoms with Crippen molar-refractivity contribution in [2.75, 3.05) is 49.6 Å². The first-order chi connectivity index (χ1) is 16.0. The van der Waals surface area contributed by atoms with E-state index in [2.05, 4.69) is 41.1 Å². The highest BCUT2D eigenvalue weighted by atomic mass is 16.3. The Morgan fingerprint density at radius 3 is 2.33 bits per heavy atom. The maximum Gasteiger partial charge on any atom is 0.230 e. The van der Waals surface area contributed by atoms with Gasteiger partial charge < -0.3 is 19.8 Å². The molecule has 1 atom stereocenters. The number of hydrogen-bond acceptors (Lipinski definition) is 4. The van der Waals surface area contributed by atoms with Crippen molar-refractivity contribution in [1.29, 1.82) is 0 Å². The van der Waals surface area contributed by atoms with Gasteiger partial charge in [-0.15, -0.1) is 0 Å². The Labute approximate surface area is 198 Å². The molecule has 1 saturated carbocycles. The summed E-state index contributed by atoms with van der Waals surface area (Å²) in [4.78, 5) is 20.1. The number of rotatable bonds is 5. The van der Waals surface area contributed by atoms with Crippen LogP contribution >= 0.6 is 0 Å². The Balaban J connectivity index is 1.27. The average molecular weight is 448 g/mol. The van der Waals surface area contributed by atoms with Gasteiger partial charge in [-0.05, 0) is 62.1 Å². The molecule has 0 aromatic heterocycles. The zero-order chi connectivity index (χ0) is 22.8. The fourth-order valence-corrected chi connectivity index (χ4v) is 5.87. The van der Waals surface area contributed by atoms with E-state index in [0.717, 1.165) is 82.5 Å². The number of hydrogen-bond donors (Lipinski definition) is 1. The van der Waals surface area contributed by atoms with E-state index in [9.17, 15) is 9.90 Å². The molecule has 5 heteroatoms. The molecule has 0 spiro atoms. The number of para-hydroxylation sites is 1. The van der Waals surface area contributed by atoms with Crippen LogP contribution in [0.1, 0.15) is 49.7 Å². The van der Waals surface area contributed by atoms with Crippen LogP contribution < -0.4 is 9.80 Å². The monoisotopic (exact) mass is 447 g/mol. The van der Waals surface area contributed by atoms with Crippen LogP contribution in [0.3, 0.4) is 0 Å². The lowest BCUT2D eigenvalue weighted by Crippen LogP contribution is -2.44. The topological polar surface area (TPSA) is 47.0 Å². The van der Waals surface area contributed by atoms with Gasteiger partial charge in [0, 0.05) is 50.0 Å². The Morgan fingerprint density at radius 2 is 1.61 bits per heavy atom. The molecule has 2 saturated heterocycles. The second-order valence-corrected chi connectivity index (χ2v) is 10.2. The largest absolute Gasteiger partial charge is 0.385 e. The van der Waals surface area contributed by atoms with Gasteiger partial charge in [0.2, 0.25) is 5.91 Å². The third-order valence-electron chi connectivity index (χ3n) is 8.02. The van der Waals surface area contributed by atoms with Crippen LogP contribution in [0.4, 0.5) is 11.4 Å². The van der Waals surface area contributed by atoms with E-state index in [1.54, 1.807) is 0 Å². The fraction of sp³-hybridized carbons (Fsp3) is 0.536. The van der Waals surface area contributed by atoms with Crippen molar-refractivity contribution in [2.45, 2.75) is 50.5 Å². The Morgan fingerprint density at radius 1 is 0.909 bits per heavy atom. The van der Waals surface area contributed by atoms with E-state index in [1.165, 1.54) is 17.7 Å². The summed E-state index contributed by atoms with van der Waals surface area (Å²) in [5.41, 5.74) is 3.84. The van der Waals surface area contributed by atoms with Gasteiger partial charge in [0.05, 0.1) is 5.60 Å². The molecular formula is C28H37N3O2. The Kier molecular flexibility index (Phi) is 6.44. The quantitative estimate of drug-likeness (QED) is 0.747. The second kappa shape index (κ2) is 9.47. The average Bonchev–Trinajstić information content (AvgIpc) is 3.20. The molecule has 2 heterocycles. The molecule has 2 aliphatic heterocycles. The maximum absolute atomic E-state index is 13.3. The van der Waals surface area contributed by atoms with Gasteiger partial charge >= 0.3 is 0 Å². The summed E-state index contributed by atoms with van der Waals surface area (Å²) in [5, 5.41) is 11.0. The molecule has 0 bridgehead atoms. The maximum atomic E-state index is 13.3. The van der Waals surface area contributed by atoms with Gasteiger partial charge in [-0.2, -0.15) is 0 Å². The van der Waals surface area contributed by atoms with Crippen molar-refractivity contribution >= 4 is 17.3 Å². The van der Waals surface area contributed by atoms with Gasteiger partial charge in [0.15, 0.2) is 0 Å². The lowest BCUT2D eigenvalue weighted by Gasteiger charge is -2.35. The van der Waals surface area contributed by atoms with Crippen LogP contribution in [0.25, 0.3) is 0 Å². The molecule has 5 rings (SSSR count). The van der Waals surface area contributed by atoms with Crippen molar-refractivity contribution in [3.05, 3.63) is 59.7 Å². The minimum atomic E-state index is -0.693. The number of piperazine rings is 1. The summed E-state index contributed by atoms with van der Waals surface area (Å²) in [6.45, 7) is 5.00. The van der Waals surface area contributed by atoms with Crippen molar-refractivity contribution in [3.63, 3.8) is 0 Å². The molecule has 0 radical (unpaired) electrons. The van der Waals surface area contributed by atoms with E-state index in [4.69, 9.17) is 0 Å². The van der Waals surface area contributed by atoms with Crippen molar-refractivity contribution < 1.29 is 9.90 Å². The zero-order valence-corrected chi connectivity index (χ0v) is 19.9. The summed E-state index contributed by atoms with van der Waals surface area (Å²) in [6.07, 6.45) is 6.74. The molecule has 1 unspecified atom stereocenters. The molecule has 3 fully saturated rings. The predicted octanol–water partition coefficient (Wildman–Crippen LogP) is 4.19. The molecule has 1 aliphatic carbocycles. The molecule has 2 aromatic rings. The standard InChI is InChI=1S/C28H37N3O2/c1-29-17-19-30(20-18-29)26-8-4-3-7-22(26)21-23-13-16-31(27(23)32)25-11-9-24(10-12-25)28(33)14-5-2-6-15-28/h3-4,7-12,23,33H,2,5-6,13-21H2,1H3. The normalized spacial score (nSPS) is 23.8. The number of aliphatic hydroxyl groups is 1. The number of amides is 1. The third-order valence-corrected chi connectivity index (χ3v) is 8.02. The fourth-order valence-electron chi connectivity index (χ4n) is 5.87. The molecule has 176 valence electrons. The highest BCUT2D eigenvalue weighted by Crippen LogP contribution is 2.38. The number of anilines is 2. The van der Waals surface area contributed by atoms with Crippen LogP contribution in [0, 0.1) is 5.92 Å². The third kappa shape index (κ3) is 4.67. The minimum Gasteiger partial charge on any atom is -0.385 e. The Bertz CT molecular complexity index is 959. The van der Waals surface area contributed by atoms with E-state index >= 15 is 0 Å². The van der Waals surface area contributed by atoms with Gasteiger partial charge in [0.25, 0.3) is 0 Å². The van der Waals surface area contributed by atoms with Gasteiger partial charge in [-0.3, -0.25) is 4.79 Å². The van der Waals surface area contributed by atoms with Gasteiger partial charge in [-0.25, -0.2) is 0 Å². The van der Waals surface area contributed by atoms with Crippen LogP contribution in [-0.2, 0) is 16.8 Å². The van der Waals surface area contributed by atoms with Gasteiger partial charge in [0.1, 0.15) is 0 Å². The lowest BCUT2D eigenvalue weighted by atomic mass is 9.80. The second-order valence-electron chi connectivity index (χ2n) is 10.2. The van der Waals surface area contributed by atoms with Crippen molar-refractivity contribution in [3.8, 4) is 0 Å². The number of nitrogens with zero attached hydrogens (tertiary/aromatic N) is 3. The number of carbonyl (C=O) groups excluding carboxylic acids is 1. The molecule has 5 nitrogen and oxygen atoms in total. The molecule has 1 amide bonds. The molecule has 1 N–H and O–H groups in total. The first-order valence-electron chi connectivity index (χ1n) is 12.7. The van der Waals surface area contributed by atoms with E-state index in [0.29, 0.717) is 0 Å². The minimum absolute atomic E-state index is 0.0285. The molecule has 2 aromatic carbocycles. The molecular weight excluding hydrogens is 410 g/mol. The van der Waals surface area contributed by atoms with Crippen LogP contribution in [0.5, 0.6) is 0 Å². The molecule has 3 aliphatic rings. The lowest BCUT2D eigenvalue weighted by molar-refractivity contribution is -0.120. The van der Waals surface area contributed by atoms with Crippen LogP contribution in [0.2, 0.25) is 0 Å². The van der Waals surface area contributed by atoms with Crippen molar-refractivity contribution in [1.82, 2.24) is 4.90 Å².